The predicted molar refractivity (Wildman–Crippen MR) is 78.5 cm³/mol. The third-order valence-electron chi connectivity index (χ3n) is 3.17. The Bertz CT molecular complexity index is 713. The zero-order valence-electron chi connectivity index (χ0n) is 11.7. The first-order valence-electron chi connectivity index (χ1n) is 6.76. The molecule has 0 unspecified atom stereocenters. The first-order valence-corrected chi connectivity index (χ1v) is 6.76. The summed E-state index contributed by atoms with van der Waals surface area (Å²) < 4.78 is 11.2. The Kier molecular flexibility index (Phi) is 3.95. The smallest absolute Gasteiger partial charge is 0.163 e. The van der Waals surface area contributed by atoms with E-state index in [1.807, 2.05) is 24.3 Å². The molecule has 2 aromatic heterocycles. The van der Waals surface area contributed by atoms with Gasteiger partial charge in [0.2, 0.25) is 0 Å². The van der Waals surface area contributed by atoms with Crippen molar-refractivity contribution in [3.8, 4) is 11.5 Å². The summed E-state index contributed by atoms with van der Waals surface area (Å²) in [5.74, 6) is 2.29. The lowest BCUT2D eigenvalue weighted by Gasteiger charge is -2.11. The van der Waals surface area contributed by atoms with Crippen molar-refractivity contribution < 1.29 is 9.47 Å². The van der Waals surface area contributed by atoms with Crippen LogP contribution in [0.15, 0.2) is 36.8 Å². The molecule has 3 aromatic rings. The van der Waals surface area contributed by atoms with Gasteiger partial charge in [0.1, 0.15) is 12.2 Å². The standard InChI is InChI=1S/C15H16N4O2/c1-20-13-8-11-4-2-6-16-12(11)9-14(13)21-7-3-5-15-17-10-18-19-15/h2,4,6,8-10H,3,5,7H2,1H3,(H,17,18,19). The highest BCUT2D eigenvalue weighted by Crippen LogP contribution is 2.31. The number of ether oxygens (including phenoxy) is 2. The Morgan fingerprint density at radius 3 is 2.95 bits per heavy atom. The number of methoxy groups -OCH3 is 1. The van der Waals surface area contributed by atoms with Crippen molar-refractivity contribution in [2.24, 2.45) is 0 Å². The van der Waals surface area contributed by atoms with Crippen molar-refractivity contribution in [2.75, 3.05) is 13.7 Å². The fourth-order valence-corrected chi connectivity index (χ4v) is 2.13. The molecule has 3 rings (SSSR count). The van der Waals surface area contributed by atoms with Crippen LogP contribution in [0.1, 0.15) is 12.2 Å². The van der Waals surface area contributed by atoms with Gasteiger partial charge in [0.15, 0.2) is 11.5 Å². The van der Waals surface area contributed by atoms with Gasteiger partial charge in [-0.2, -0.15) is 5.10 Å². The van der Waals surface area contributed by atoms with E-state index in [0.29, 0.717) is 12.4 Å². The van der Waals surface area contributed by atoms with Crippen LogP contribution < -0.4 is 9.47 Å². The number of nitrogens with zero attached hydrogens (tertiary/aromatic N) is 3. The van der Waals surface area contributed by atoms with Crippen LogP contribution in [-0.2, 0) is 6.42 Å². The minimum absolute atomic E-state index is 0.579. The van der Waals surface area contributed by atoms with Crippen LogP contribution in [0.4, 0.5) is 0 Å². The fraction of sp³-hybridized carbons (Fsp3) is 0.267. The number of aromatic amines is 1. The van der Waals surface area contributed by atoms with E-state index in [2.05, 4.69) is 20.2 Å². The maximum Gasteiger partial charge on any atom is 0.163 e. The number of aromatic nitrogens is 4. The summed E-state index contributed by atoms with van der Waals surface area (Å²) in [6.45, 7) is 0.579. The highest BCUT2D eigenvalue weighted by atomic mass is 16.5. The Balaban J connectivity index is 1.67. The van der Waals surface area contributed by atoms with Gasteiger partial charge in [0, 0.05) is 24.1 Å². The van der Waals surface area contributed by atoms with Crippen molar-refractivity contribution in [1.29, 1.82) is 0 Å². The van der Waals surface area contributed by atoms with Crippen LogP contribution in [-0.4, -0.2) is 33.9 Å². The molecular weight excluding hydrogens is 268 g/mol. The molecule has 108 valence electrons. The molecule has 0 aliphatic heterocycles. The van der Waals surface area contributed by atoms with Crippen molar-refractivity contribution in [2.45, 2.75) is 12.8 Å². The number of hydrogen-bond acceptors (Lipinski definition) is 5. The van der Waals surface area contributed by atoms with Crippen LogP contribution in [0.5, 0.6) is 11.5 Å². The van der Waals surface area contributed by atoms with E-state index in [9.17, 15) is 0 Å². The second-order valence-corrected chi connectivity index (χ2v) is 4.58. The monoisotopic (exact) mass is 284 g/mol. The van der Waals surface area contributed by atoms with Crippen molar-refractivity contribution in [3.05, 3.63) is 42.6 Å². The van der Waals surface area contributed by atoms with E-state index in [-0.39, 0.29) is 0 Å². The van der Waals surface area contributed by atoms with Gasteiger partial charge >= 0.3 is 0 Å². The SMILES string of the molecule is COc1cc2cccnc2cc1OCCCc1ncn[nH]1. The molecule has 0 spiro atoms. The van der Waals surface area contributed by atoms with Gasteiger partial charge < -0.3 is 9.47 Å². The quantitative estimate of drug-likeness (QED) is 0.703. The van der Waals surface area contributed by atoms with Gasteiger partial charge in [-0.05, 0) is 18.6 Å². The number of hydrogen-bond donors (Lipinski definition) is 1. The molecule has 1 aromatic carbocycles. The Labute approximate surface area is 122 Å². The third kappa shape index (κ3) is 3.10. The summed E-state index contributed by atoms with van der Waals surface area (Å²) in [4.78, 5) is 8.41. The van der Waals surface area contributed by atoms with E-state index >= 15 is 0 Å². The van der Waals surface area contributed by atoms with E-state index in [1.54, 1.807) is 13.3 Å². The summed E-state index contributed by atoms with van der Waals surface area (Å²) >= 11 is 0. The van der Waals surface area contributed by atoms with E-state index < -0.39 is 0 Å². The van der Waals surface area contributed by atoms with Gasteiger partial charge in [-0.3, -0.25) is 10.1 Å². The minimum atomic E-state index is 0.579. The van der Waals surface area contributed by atoms with Crippen LogP contribution in [0, 0.1) is 0 Å². The van der Waals surface area contributed by atoms with Gasteiger partial charge in [0.05, 0.1) is 19.2 Å². The molecule has 0 saturated heterocycles. The predicted octanol–water partition coefficient (Wildman–Crippen LogP) is 2.37. The molecule has 0 saturated carbocycles. The molecule has 0 atom stereocenters. The van der Waals surface area contributed by atoms with Crippen LogP contribution in [0.25, 0.3) is 10.9 Å². The van der Waals surface area contributed by atoms with Gasteiger partial charge in [-0.25, -0.2) is 4.98 Å². The average molecular weight is 284 g/mol. The summed E-state index contributed by atoms with van der Waals surface area (Å²) in [7, 11) is 1.64. The summed E-state index contributed by atoms with van der Waals surface area (Å²) in [5, 5.41) is 7.68. The molecule has 0 bridgehead atoms. The Morgan fingerprint density at radius 1 is 1.19 bits per heavy atom. The Morgan fingerprint density at radius 2 is 2.14 bits per heavy atom. The first-order chi connectivity index (χ1) is 10.4. The van der Waals surface area contributed by atoms with Crippen molar-refractivity contribution in [3.63, 3.8) is 0 Å². The summed E-state index contributed by atoms with van der Waals surface area (Å²) in [5.41, 5.74) is 0.892. The average Bonchev–Trinajstić information content (AvgIpc) is 3.04. The maximum atomic E-state index is 5.81. The van der Waals surface area contributed by atoms with Crippen molar-refractivity contribution >= 4 is 10.9 Å². The molecule has 6 heteroatoms. The molecule has 0 amide bonds. The molecule has 6 nitrogen and oxygen atoms in total. The molecule has 0 fully saturated rings. The number of fused-ring (bicyclic) bond motifs is 1. The zero-order valence-corrected chi connectivity index (χ0v) is 11.7. The molecular formula is C15H16N4O2. The summed E-state index contributed by atoms with van der Waals surface area (Å²) in [6.07, 6.45) is 4.92. The highest BCUT2D eigenvalue weighted by Gasteiger charge is 2.07. The zero-order chi connectivity index (χ0) is 14.5. The molecule has 1 N–H and O–H groups in total. The van der Waals surface area contributed by atoms with Crippen LogP contribution in [0.2, 0.25) is 0 Å². The maximum absolute atomic E-state index is 5.81. The van der Waals surface area contributed by atoms with Gasteiger partial charge in [-0.1, -0.05) is 6.07 Å². The molecule has 0 radical (unpaired) electrons. The number of H-pyrrole nitrogens is 1. The fourth-order valence-electron chi connectivity index (χ4n) is 2.13. The van der Waals surface area contributed by atoms with Gasteiger partial charge in [0.25, 0.3) is 0 Å². The molecule has 2 heterocycles. The normalized spacial score (nSPS) is 10.7. The highest BCUT2D eigenvalue weighted by molar-refractivity contribution is 5.82. The second kappa shape index (κ2) is 6.21. The topological polar surface area (TPSA) is 72.9 Å². The number of pyridine rings is 1. The lowest BCUT2D eigenvalue weighted by Crippen LogP contribution is -2.02. The number of nitrogens with one attached hydrogen (secondary N) is 1. The lowest BCUT2D eigenvalue weighted by atomic mass is 10.2. The minimum Gasteiger partial charge on any atom is -0.493 e. The van der Waals surface area contributed by atoms with E-state index in [1.165, 1.54) is 6.33 Å². The number of benzene rings is 1. The molecule has 0 aliphatic rings. The Hall–Kier alpha value is -2.63. The number of rotatable bonds is 6. The first kappa shape index (κ1) is 13.4. The molecule has 0 aliphatic carbocycles. The second-order valence-electron chi connectivity index (χ2n) is 4.58. The van der Waals surface area contributed by atoms with Crippen LogP contribution >= 0.6 is 0 Å². The van der Waals surface area contributed by atoms with E-state index in [0.717, 1.165) is 35.3 Å². The third-order valence-corrected chi connectivity index (χ3v) is 3.17. The van der Waals surface area contributed by atoms with E-state index in [4.69, 9.17) is 9.47 Å². The summed E-state index contributed by atoms with van der Waals surface area (Å²) in [6, 6.07) is 7.75. The number of aryl methyl sites for hydroxylation is 1. The van der Waals surface area contributed by atoms with Crippen molar-refractivity contribution in [1.82, 2.24) is 20.2 Å². The van der Waals surface area contributed by atoms with Crippen LogP contribution in [0.3, 0.4) is 0 Å². The largest absolute Gasteiger partial charge is 0.493 e. The lowest BCUT2D eigenvalue weighted by molar-refractivity contribution is 0.289. The van der Waals surface area contributed by atoms with Gasteiger partial charge in [-0.15, -0.1) is 0 Å². The molecule has 21 heavy (non-hydrogen) atoms.